The number of hydrogen-bond donors (Lipinski definition) is 1. The van der Waals surface area contributed by atoms with Crippen molar-refractivity contribution < 1.29 is 9.53 Å². The lowest BCUT2D eigenvalue weighted by Crippen LogP contribution is -2.11. The number of nitrogens with zero attached hydrogens (tertiary/aromatic N) is 2. The van der Waals surface area contributed by atoms with Crippen LogP contribution in [0.4, 0.5) is 5.13 Å². The number of hydrogen-bond acceptors (Lipinski definition) is 5. The average Bonchev–Trinajstić information content (AvgIpc) is 3.10. The molecule has 3 aromatic rings. The summed E-state index contributed by atoms with van der Waals surface area (Å²) in [4.78, 5) is 12.3. The van der Waals surface area contributed by atoms with Crippen LogP contribution in [0.15, 0.2) is 54.6 Å². The maximum absolute atomic E-state index is 12.3. The zero-order valence-corrected chi connectivity index (χ0v) is 14.2. The smallest absolute Gasteiger partial charge is 0.257 e. The Balaban J connectivity index is 1.73. The zero-order valence-electron chi connectivity index (χ0n) is 13.4. The van der Waals surface area contributed by atoms with Gasteiger partial charge < -0.3 is 4.74 Å². The lowest BCUT2D eigenvalue weighted by Gasteiger charge is -2.06. The highest BCUT2D eigenvalue weighted by atomic mass is 32.1. The van der Waals surface area contributed by atoms with Crippen LogP contribution in [0.3, 0.4) is 0 Å². The maximum atomic E-state index is 12.3. The summed E-state index contributed by atoms with van der Waals surface area (Å²) in [5.41, 5.74) is 1.68. The molecule has 1 N–H and O–H groups in total. The predicted molar refractivity (Wildman–Crippen MR) is 94.8 cm³/mol. The Kier molecular flexibility index (Phi) is 4.86. The van der Waals surface area contributed by atoms with Gasteiger partial charge in [0.2, 0.25) is 5.13 Å². The van der Waals surface area contributed by atoms with Crippen LogP contribution in [0.5, 0.6) is 5.75 Å². The van der Waals surface area contributed by atoms with Gasteiger partial charge in [-0.3, -0.25) is 10.1 Å². The minimum atomic E-state index is -0.232. The SMILES string of the molecule is COc1cccc(C(=O)Nc2nnc([C@H](C)c3ccccc3)s2)c1. The normalized spacial score (nSPS) is 11.8. The number of aromatic nitrogens is 2. The highest BCUT2D eigenvalue weighted by Crippen LogP contribution is 2.28. The molecule has 6 heteroatoms. The molecule has 122 valence electrons. The Labute approximate surface area is 144 Å². The molecule has 0 saturated carbocycles. The van der Waals surface area contributed by atoms with Crippen molar-refractivity contribution in [3.8, 4) is 5.75 Å². The molecule has 0 unspecified atom stereocenters. The first-order valence-electron chi connectivity index (χ1n) is 7.51. The molecule has 0 saturated heterocycles. The molecule has 3 rings (SSSR count). The van der Waals surface area contributed by atoms with Crippen molar-refractivity contribution in [1.29, 1.82) is 0 Å². The van der Waals surface area contributed by atoms with E-state index in [1.807, 2.05) is 18.2 Å². The standard InChI is InChI=1S/C18H17N3O2S/c1-12(13-7-4-3-5-8-13)17-20-21-18(24-17)19-16(22)14-9-6-10-15(11-14)23-2/h3-12H,1-2H3,(H,19,21,22)/t12-/m1/s1. The van der Waals surface area contributed by atoms with Gasteiger partial charge >= 0.3 is 0 Å². The summed E-state index contributed by atoms with van der Waals surface area (Å²) in [6, 6.07) is 17.1. The third-order valence-electron chi connectivity index (χ3n) is 3.66. The van der Waals surface area contributed by atoms with Gasteiger partial charge in [-0.15, -0.1) is 10.2 Å². The van der Waals surface area contributed by atoms with E-state index in [9.17, 15) is 4.79 Å². The summed E-state index contributed by atoms with van der Waals surface area (Å²) >= 11 is 1.38. The van der Waals surface area contributed by atoms with Crippen LogP contribution in [-0.2, 0) is 0 Å². The van der Waals surface area contributed by atoms with Crippen LogP contribution in [0, 0.1) is 0 Å². The molecule has 0 bridgehead atoms. The maximum Gasteiger partial charge on any atom is 0.257 e. The lowest BCUT2D eigenvalue weighted by molar-refractivity contribution is 0.102. The van der Waals surface area contributed by atoms with Crippen molar-refractivity contribution in [3.63, 3.8) is 0 Å². The minimum Gasteiger partial charge on any atom is -0.497 e. The molecular weight excluding hydrogens is 322 g/mol. The molecule has 0 fully saturated rings. The summed E-state index contributed by atoms with van der Waals surface area (Å²) in [6.45, 7) is 2.07. The number of amides is 1. The van der Waals surface area contributed by atoms with E-state index in [4.69, 9.17) is 4.74 Å². The molecule has 24 heavy (non-hydrogen) atoms. The number of carbonyl (C=O) groups is 1. The summed E-state index contributed by atoms with van der Waals surface area (Å²) < 4.78 is 5.13. The van der Waals surface area contributed by atoms with Crippen molar-refractivity contribution >= 4 is 22.4 Å². The van der Waals surface area contributed by atoms with E-state index in [-0.39, 0.29) is 11.8 Å². The first-order chi connectivity index (χ1) is 11.7. The van der Waals surface area contributed by atoms with Gasteiger partial charge in [0.25, 0.3) is 5.91 Å². The number of rotatable bonds is 5. The van der Waals surface area contributed by atoms with Crippen LogP contribution < -0.4 is 10.1 Å². The van der Waals surface area contributed by atoms with Crippen molar-refractivity contribution in [2.24, 2.45) is 0 Å². The molecule has 1 amide bonds. The monoisotopic (exact) mass is 339 g/mol. The number of nitrogens with one attached hydrogen (secondary N) is 1. The Morgan fingerprint density at radius 2 is 1.92 bits per heavy atom. The topological polar surface area (TPSA) is 64.1 Å². The van der Waals surface area contributed by atoms with Crippen LogP contribution in [0.25, 0.3) is 0 Å². The fourth-order valence-electron chi connectivity index (χ4n) is 2.28. The van der Waals surface area contributed by atoms with Crippen LogP contribution in [0.1, 0.15) is 33.8 Å². The fourth-order valence-corrected chi connectivity index (χ4v) is 3.10. The Morgan fingerprint density at radius 3 is 2.67 bits per heavy atom. The zero-order chi connectivity index (χ0) is 16.9. The van der Waals surface area contributed by atoms with E-state index in [0.717, 1.165) is 5.01 Å². The second kappa shape index (κ2) is 7.23. The van der Waals surface area contributed by atoms with Crippen LogP contribution in [-0.4, -0.2) is 23.2 Å². The van der Waals surface area contributed by atoms with Gasteiger partial charge in [-0.25, -0.2) is 0 Å². The van der Waals surface area contributed by atoms with Crippen molar-refractivity contribution in [2.75, 3.05) is 12.4 Å². The first-order valence-corrected chi connectivity index (χ1v) is 8.33. The molecule has 0 radical (unpaired) electrons. The van der Waals surface area contributed by atoms with Gasteiger partial charge in [0.1, 0.15) is 10.8 Å². The minimum absolute atomic E-state index is 0.131. The highest BCUT2D eigenvalue weighted by Gasteiger charge is 2.16. The molecular formula is C18H17N3O2S. The Bertz CT molecular complexity index is 833. The molecule has 0 spiro atoms. The van der Waals surface area contributed by atoms with Gasteiger partial charge in [-0.05, 0) is 23.8 Å². The summed E-state index contributed by atoms with van der Waals surface area (Å²) in [6.07, 6.45) is 0. The van der Waals surface area contributed by atoms with E-state index in [1.54, 1.807) is 31.4 Å². The Hall–Kier alpha value is -2.73. The lowest BCUT2D eigenvalue weighted by atomic mass is 10.0. The second-order valence-corrected chi connectivity index (χ2v) is 6.27. The van der Waals surface area contributed by atoms with Crippen LogP contribution >= 0.6 is 11.3 Å². The molecule has 2 aromatic carbocycles. The Morgan fingerprint density at radius 1 is 1.12 bits per heavy atom. The van der Waals surface area contributed by atoms with Crippen molar-refractivity contribution in [3.05, 3.63) is 70.7 Å². The third kappa shape index (κ3) is 3.60. The number of methoxy groups -OCH3 is 1. The van der Waals surface area contributed by atoms with E-state index >= 15 is 0 Å². The quantitative estimate of drug-likeness (QED) is 0.764. The molecule has 1 atom stereocenters. The van der Waals surface area contributed by atoms with E-state index in [1.165, 1.54) is 16.9 Å². The van der Waals surface area contributed by atoms with Crippen LogP contribution in [0.2, 0.25) is 0 Å². The fraction of sp³-hybridized carbons (Fsp3) is 0.167. The molecule has 0 aliphatic rings. The summed E-state index contributed by atoms with van der Waals surface area (Å²) in [7, 11) is 1.57. The number of carbonyl (C=O) groups excluding carboxylic acids is 1. The van der Waals surface area contributed by atoms with Gasteiger partial charge in [-0.2, -0.15) is 0 Å². The van der Waals surface area contributed by atoms with E-state index in [0.29, 0.717) is 16.4 Å². The van der Waals surface area contributed by atoms with Gasteiger partial charge in [0, 0.05) is 11.5 Å². The number of benzene rings is 2. The average molecular weight is 339 g/mol. The molecule has 1 aromatic heterocycles. The summed E-state index contributed by atoms with van der Waals surface area (Å²) in [5, 5.41) is 12.4. The molecule has 5 nitrogen and oxygen atoms in total. The second-order valence-electron chi connectivity index (χ2n) is 5.26. The molecule has 0 aliphatic heterocycles. The molecule has 0 aliphatic carbocycles. The van der Waals surface area contributed by atoms with Crippen molar-refractivity contribution in [1.82, 2.24) is 10.2 Å². The van der Waals surface area contributed by atoms with Gasteiger partial charge in [0.15, 0.2) is 0 Å². The highest BCUT2D eigenvalue weighted by molar-refractivity contribution is 7.15. The first kappa shape index (κ1) is 16.1. The number of ether oxygens (including phenoxy) is 1. The summed E-state index contributed by atoms with van der Waals surface area (Å²) in [5.74, 6) is 0.536. The molecule has 1 heterocycles. The van der Waals surface area contributed by atoms with Gasteiger partial charge in [0.05, 0.1) is 7.11 Å². The number of anilines is 1. The largest absolute Gasteiger partial charge is 0.497 e. The third-order valence-corrected chi connectivity index (χ3v) is 4.68. The van der Waals surface area contributed by atoms with E-state index in [2.05, 4.69) is 34.6 Å². The van der Waals surface area contributed by atoms with Gasteiger partial charge in [-0.1, -0.05) is 54.7 Å². The van der Waals surface area contributed by atoms with Crippen molar-refractivity contribution in [2.45, 2.75) is 12.8 Å². The predicted octanol–water partition coefficient (Wildman–Crippen LogP) is 3.95. The van der Waals surface area contributed by atoms with E-state index < -0.39 is 0 Å².